The third kappa shape index (κ3) is 3.61. The van der Waals surface area contributed by atoms with Crippen molar-refractivity contribution in [2.24, 2.45) is 0 Å². The molecular formula is C13H16F2N2O2S. The molecule has 1 fully saturated rings. The Kier molecular flexibility index (Phi) is 5.19. The standard InChI is InChI=1S/C13H16F2N2O2S/c14-11-9(13(18)19)1-2-10(12(11)15)16-3-4-17-5-7-20-8-6-17/h1-2,16H,3-8H2,(H,18,19). The molecule has 0 aliphatic carbocycles. The quantitative estimate of drug-likeness (QED) is 0.872. The topological polar surface area (TPSA) is 52.6 Å². The maximum absolute atomic E-state index is 13.7. The zero-order valence-electron chi connectivity index (χ0n) is 10.9. The van der Waals surface area contributed by atoms with Gasteiger partial charge in [-0.05, 0) is 12.1 Å². The van der Waals surface area contributed by atoms with E-state index in [1.54, 1.807) is 0 Å². The molecule has 7 heteroatoms. The van der Waals surface area contributed by atoms with Gasteiger partial charge in [0.15, 0.2) is 11.6 Å². The lowest BCUT2D eigenvalue weighted by Crippen LogP contribution is -2.36. The molecule has 110 valence electrons. The van der Waals surface area contributed by atoms with Gasteiger partial charge in [-0.3, -0.25) is 4.90 Å². The highest BCUT2D eigenvalue weighted by Gasteiger charge is 2.18. The van der Waals surface area contributed by atoms with Gasteiger partial charge in [-0.15, -0.1) is 0 Å². The smallest absolute Gasteiger partial charge is 0.338 e. The van der Waals surface area contributed by atoms with Crippen molar-refractivity contribution in [1.29, 1.82) is 0 Å². The van der Waals surface area contributed by atoms with E-state index in [4.69, 9.17) is 5.11 Å². The summed E-state index contributed by atoms with van der Waals surface area (Å²) in [7, 11) is 0. The van der Waals surface area contributed by atoms with E-state index in [1.165, 1.54) is 6.07 Å². The van der Waals surface area contributed by atoms with Crippen molar-refractivity contribution in [2.45, 2.75) is 0 Å². The number of carboxylic acids is 1. The lowest BCUT2D eigenvalue weighted by molar-refractivity contribution is 0.0690. The lowest BCUT2D eigenvalue weighted by Gasteiger charge is -2.26. The van der Waals surface area contributed by atoms with Gasteiger partial charge in [0, 0.05) is 37.7 Å². The molecule has 0 bridgehead atoms. The Hall–Kier alpha value is -1.34. The van der Waals surface area contributed by atoms with Crippen LogP contribution in [0.1, 0.15) is 10.4 Å². The van der Waals surface area contributed by atoms with E-state index in [1.807, 2.05) is 11.8 Å². The SMILES string of the molecule is O=C(O)c1ccc(NCCN2CCSCC2)c(F)c1F. The molecule has 0 spiro atoms. The second-order valence-electron chi connectivity index (χ2n) is 4.47. The molecule has 20 heavy (non-hydrogen) atoms. The summed E-state index contributed by atoms with van der Waals surface area (Å²) in [5, 5.41) is 11.5. The molecular weight excluding hydrogens is 286 g/mol. The molecule has 1 aromatic rings. The number of nitrogens with zero attached hydrogens (tertiary/aromatic N) is 1. The van der Waals surface area contributed by atoms with E-state index in [0.717, 1.165) is 37.2 Å². The normalized spacial score (nSPS) is 16.1. The third-order valence-corrected chi connectivity index (χ3v) is 4.10. The zero-order chi connectivity index (χ0) is 14.5. The molecule has 1 aliphatic rings. The van der Waals surface area contributed by atoms with Gasteiger partial charge in [0.25, 0.3) is 0 Å². The first kappa shape index (κ1) is 15.1. The number of thioether (sulfide) groups is 1. The van der Waals surface area contributed by atoms with Crippen LogP contribution in [0.5, 0.6) is 0 Å². The van der Waals surface area contributed by atoms with Gasteiger partial charge in [0.1, 0.15) is 0 Å². The predicted molar refractivity (Wildman–Crippen MR) is 75.6 cm³/mol. The second kappa shape index (κ2) is 6.90. The average Bonchev–Trinajstić information content (AvgIpc) is 2.44. The van der Waals surface area contributed by atoms with E-state index in [0.29, 0.717) is 6.54 Å². The van der Waals surface area contributed by atoms with Crippen LogP contribution in [-0.2, 0) is 0 Å². The van der Waals surface area contributed by atoms with Gasteiger partial charge in [0.05, 0.1) is 11.3 Å². The Bertz CT molecular complexity index is 494. The summed E-state index contributed by atoms with van der Waals surface area (Å²) >= 11 is 1.91. The summed E-state index contributed by atoms with van der Waals surface area (Å²) in [5.41, 5.74) is -0.653. The minimum Gasteiger partial charge on any atom is -0.478 e. The number of carboxylic acid groups (broad SMARTS) is 1. The number of anilines is 1. The predicted octanol–water partition coefficient (Wildman–Crippen LogP) is 2.12. The van der Waals surface area contributed by atoms with Crippen LogP contribution in [0.25, 0.3) is 0 Å². The number of aromatic carboxylic acids is 1. The fourth-order valence-electron chi connectivity index (χ4n) is 2.02. The number of rotatable bonds is 5. The van der Waals surface area contributed by atoms with Gasteiger partial charge >= 0.3 is 5.97 Å². The molecule has 2 rings (SSSR count). The number of halogens is 2. The Morgan fingerprint density at radius 2 is 2.00 bits per heavy atom. The molecule has 1 aliphatic heterocycles. The first-order chi connectivity index (χ1) is 9.59. The zero-order valence-corrected chi connectivity index (χ0v) is 11.7. The first-order valence-corrected chi connectivity index (χ1v) is 7.50. The number of carbonyl (C=O) groups is 1. The van der Waals surface area contributed by atoms with Gasteiger partial charge in [-0.25, -0.2) is 13.6 Å². The van der Waals surface area contributed by atoms with Crippen LogP contribution in [0.15, 0.2) is 12.1 Å². The van der Waals surface area contributed by atoms with E-state index in [9.17, 15) is 13.6 Å². The van der Waals surface area contributed by atoms with E-state index < -0.39 is 23.2 Å². The molecule has 0 amide bonds. The Balaban J connectivity index is 1.92. The van der Waals surface area contributed by atoms with Gasteiger partial charge < -0.3 is 10.4 Å². The molecule has 0 aromatic heterocycles. The largest absolute Gasteiger partial charge is 0.478 e. The fourth-order valence-corrected chi connectivity index (χ4v) is 3.00. The monoisotopic (exact) mass is 302 g/mol. The van der Waals surface area contributed by atoms with Crippen molar-refractivity contribution in [1.82, 2.24) is 4.90 Å². The molecule has 0 saturated carbocycles. The van der Waals surface area contributed by atoms with Gasteiger partial charge in [-0.2, -0.15) is 11.8 Å². The summed E-state index contributed by atoms with van der Waals surface area (Å²) in [6, 6.07) is 2.33. The van der Waals surface area contributed by atoms with Crippen LogP contribution in [0.3, 0.4) is 0 Å². The van der Waals surface area contributed by atoms with Crippen LogP contribution < -0.4 is 5.32 Å². The summed E-state index contributed by atoms with van der Waals surface area (Å²) < 4.78 is 27.2. The van der Waals surface area contributed by atoms with Crippen LogP contribution in [-0.4, -0.2) is 53.7 Å². The fraction of sp³-hybridized carbons (Fsp3) is 0.462. The molecule has 0 unspecified atom stereocenters. The van der Waals surface area contributed by atoms with Crippen molar-refractivity contribution >= 4 is 23.4 Å². The first-order valence-electron chi connectivity index (χ1n) is 6.35. The van der Waals surface area contributed by atoms with Crippen molar-refractivity contribution in [3.8, 4) is 0 Å². The van der Waals surface area contributed by atoms with Crippen molar-refractivity contribution < 1.29 is 18.7 Å². The summed E-state index contributed by atoms with van der Waals surface area (Å²) in [5.74, 6) is -1.75. The minimum absolute atomic E-state index is 0.00103. The summed E-state index contributed by atoms with van der Waals surface area (Å²) in [6.07, 6.45) is 0. The van der Waals surface area contributed by atoms with Gasteiger partial charge in [0.2, 0.25) is 0 Å². The maximum Gasteiger partial charge on any atom is 0.338 e. The maximum atomic E-state index is 13.7. The van der Waals surface area contributed by atoms with Crippen molar-refractivity contribution in [3.05, 3.63) is 29.3 Å². The number of hydrogen-bond donors (Lipinski definition) is 2. The highest BCUT2D eigenvalue weighted by atomic mass is 32.2. The molecule has 4 nitrogen and oxygen atoms in total. The Morgan fingerprint density at radius 3 is 2.65 bits per heavy atom. The van der Waals surface area contributed by atoms with Crippen molar-refractivity contribution in [3.63, 3.8) is 0 Å². The summed E-state index contributed by atoms with van der Waals surface area (Å²) in [6.45, 7) is 3.25. The highest BCUT2D eigenvalue weighted by molar-refractivity contribution is 7.99. The van der Waals surface area contributed by atoms with Crippen LogP contribution in [0.2, 0.25) is 0 Å². The number of hydrogen-bond acceptors (Lipinski definition) is 4. The van der Waals surface area contributed by atoms with Crippen LogP contribution >= 0.6 is 11.8 Å². The molecule has 0 radical (unpaired) electrons. The average molecular weight is 302 g/mol. The molecule has 1 aromatic carbocycles. The van der Waals surface area contributed by atoms with Crippen LogP contribution in [0.4, 0.5) is 14.5 Å². The molecule has 1 heterocycles. The molecule has 0 atom stereocenters. The number of nitrogens with one attached hydrogen (secondary N) is 1. The summed E-state index contributed by atoms with van der Waals surface area (Å²) in [4.78, 5) is 12.9. The lowest BCUT2D eigenvalue weighted by atomic mass is 10.2. The Morgan fingerprint density at radius 1 is 1.30 bits per heavy atom. The van der Waals surface area contributed by atoms with E-state index in [2.05, 4.69) is 10.2 Å². The minimum atomic E-state index is -1.47. The van der Waals surface area contributed by atoms with Gasteiger partial charge in [-0.1, -0.05) is 0 Å². The number of benzene rings is 1. The second-order valence-corrected chi connectivity index (χ2v) is 5.70. The van der Waals surface area contributed by atoms with E-state index >= 15 is 0 Å². The highest BCUT2D eigenvalue weighted by Crippen LogP contribution is 2.20. The van der Waals surface area contributed by atoms with Crippen LogP contribution in [0, 0.1) is 11.6 Å². The third-order valence-electron chi connectivity index (χ3n) is 3.16. The Labute approximate surface area is 120 Å². The molecule has 1 saturated heterocycles. The van der Waals surface area contributed by atoms with Crippen molar-refractivity contribution in [2.75, 3.05) is 43.0 Å². The molecule has 2 N–H and O–H groups in total. The van der Waals surface area contributed by atoms with E-state index in [-0.39, 0.29) is 5.69 Å².